The van der Waals surface area contributed by atoms with Crippen LogP contribution in [0.5, 0.6) is 0 Å². The van der Waals surface area contributed by atoms with Crippen molar-refractivity contribution < 1.29 is 4.79 Å². The van der Waals surface area contributed by atoms with E-state index in [0.717, 1.165) is 16.8 Å². The van der Waals surface area contributed by atoms with Crippen molar-refractivity contribution in [3.8, 4) is 0 Å². The Labute approximate surface area is 142 Å². The van der Waals surface area contributed by atoms with Gasteiger partial charge in [-0.05, 0) is 35.4 Å². The molecular formula is C16H11Cl3N2O. The molecule has 1 aliphatic rings. The van der Waals surface area contributed by atoms with Crippen LogP contribution in [0.2, 0.25) is 15.1 Å². The fourth-order valence-electron chi connectivity index (χ4n) is 2.39. The maximum absolute atomic E-state index is 12.1. The second kappa shape index (κ2) is 6.29. The first-order valence-corrected chi connectivity index (χ1v) is 7.75. The lowest BCUT2D eigenvalue weighted by molar-refractivity contribution is -0.122. The highest BCUT2D eigenvalue weighted by molar-refractivity contribution is 6.35. The molecule has 1 aliphatic heterocycles. The number of rotatable bonds is 2. The maximum atomic E-state index is 12.1. The Morgan fingerprint density at radius 2 is 1.68 bits per heavy atom. The standard InChI is InChI=1S/C16H11Cl3N2O/c17-10-3-1-9(2-4-10)15-8-13(16(22)21-20-15)12-6-5-11(18)7-14(12)19/h1-7,13H,8H2,(H,21,22)/t13-/m1/s1. The van der Waals surface area contributed by atoms with E-state index in [1.807, 2.05) is 12.1 Å². The minimum Gasteiger partial charge on any atom is -0.272 e. The molecule has 1 heterocycles. The fourth-order valence-corrected chi connectivity index (χ4v) is 3.06. The number of hydrogen-bond donors (Lipinski definition) is 1. The Balaban J connectivity index is 1.92. The number of carbonyl (C=O) groups is 1. The van der Waals surface area contributed by atoms with Gasteiger partial charge in [-0.25, -0.2) is 5.43 Å². The van der Waals surface area contributed by atoms with Gasteiger partial charge in [0.2, 0.25) is 5.91 Å². The second-order valence-corrected chi connectivity index (χ2v) is 6.24. The molecule has 1 atom stereocenters. The monoisotopic (exact) mass is 352 g/mol. The second-order valence-electron chi connectivity index (χ2n) is 4.96. The Bertz CT molecular complexity index is 756. The van der Waals surface area contributed by atoms with Crippen LogP contribution in [-0.2, 0) is 4.79 Å². The van der Waals surface area contributed by atoms with Gasteiger partial charge in [-0.1, -0.05) is 53.0 Å². The molecule has 0 fully saturated rings. The van der Waals surface area contributed by atoms with Crippen molar-refractivity contribution in [2.75, 3.05) is 0 Å². The van der Waals surface area contributed by atoms with E-state index in [4.69, 9.17) is 34.8 Å². The summed E-state index contributed by atoms with van der Waals surface area (Å²) in [5.41, 5.74) is 5.00. The third kappa shape index (κ3) is 3.12. The molecule has 6 heteroatoms. The van der Waals surface area contributed by atoms with Crippen LogP contribution >= 0.6 is 34.8 Å². The first-order valence-electron chi connectivity index (χ1n) is 6.62. The zero-order valence-corrected chi connectivity index (χ0v) is 13.6. The van der Waals surface area contributed by atoms with Crippen molar-refractivity contribution in [3.63, 3.8) is 0 Å². The summed E-state index contributed by atoms with van der Waals surface area (Å²) in [5.74, 6) is -0.574. The van der Waals surface area contributed by atoms with Gasteiger partial charge in [0.15, 0.2) is 0 Å². The van der Waals surface area contributed by atoms with Crippen LogP contribution in [0.25, 0.3) is 0 Å². The molecule has 0 aliphatic carbocycles. The first-order chi connectivity index (χ1) is 10.5. The van der Waals surface area contributed by atoms with E-state index >= 15 is 0 Å². The van der Waals surface area contributed by atoms with Crippen molar-refractivity contribution >= 4 is 46.4 Å². The lowest BCUT2D eigenvalue weighted by Crippen LogP contribution is -2.33. The average Bonchev–Trinajstić information content (AvgIpc) is 2.49. The number of nitrogens with one attached hydrogen (secondary N) is 1. The van der Waals surface area contributed by atoms with Crippen LogP contribution in [0.15, 0.2) is 47.6 Å². The number of carbonyl (C=O) groups excluding carboxylic acids is 1. The number of hydrogen-bond acceptors (Lipinski definition) is 2. The van der Waals surface area contributed by atoms with E-state index in [9.17, 15) is 4.79 Å². The zero-order chi connectivity index (χ0) is 15.7. The normalized spacial score (nSPS) is 17.9. The zero-order valence-electron chi connectivity index (χ0n) is 11.3. The molecule has 0 spiro atoms. The molecule has 2 aromatic carbocycles. The van der Waals surface area contributed by atoms with Gasteiger partial charge in [0.05, 0.1) is 11.6 Å². The molecule has 3 nitrogen and oxygen atoms in total. The molecule has 112 valence electrons. The summed E-state index contributed by atoms with van der Waals surface area (Å²) >= 11 is 18.0. The van der Waals surface area contributed by atoms with Crippen LogP contribution < -0.4 is 5.43 Å². The van der Waals surface area contributed by atoms with Crippen molar-refractivity contribution in [1.29, 1.82) is 0 Å². The summed E-state index contributed by atoms with van der Waals surface area (Å²) in [5, 5.41) is 5.81. The minimum absolute atomic E-state index is 0.179. The Kier molecular flexibility index (Phi) is 4.39. The lowest BCUT2D eigenvalue weighted by atomic mass is 9.89. The van der Waals surface area contributed by atoms with Gasteiger partial charge in [0.1, 0.15) is 0 Å². The predicted molar refractivity (Wildman–Crippen MR) is 90.0 cm³/mol. The Morgan fingerprint density at radius 1 is 1.00 bits per heavy atom. The molecule has 0 radical (unpaired) electrons. The molecule has 0 bridgehead atoms. The van der Waals surface area contributed by atoms with Crippen LogP contribution in [0.4, 0.5) is 0 Å². The highest BCUT2D eigenvalue weighted by Gasteiger charge is 2.28. The van der Waals surface area contributed by atoms with E-state index in [1.165, 1.54) is 0 Å². The number of halogens is 3. The van der Waals surface area contributed by atoms with E-state index in [0.29, 0.717) is 21.5 Å². The van der Waals surface area contributed by atoms with Crippen molar-refractivity contribution in [2.45, 2.75) is 12.3 Å². The maximum Gasteiger partial charge on any atom is 0.248 e. The third-order valence-electron chi connectivity index (χ3n) is 3.53. The van der Waals surface area contributed by atoms with Crippen molar-refractivity contribution in [3.05, 3.63) is 68.7 Å². The Hall–Kier alpha value is -1.55. The number of amides is 1. The smallest absolute Gasteiger partial charge is 0.248 e. The van der Waals surface area contributed by atoms with Gasteiger partial charge in [0.25, 0.3) is 0 Å². The van der Waals surface area contributed by atoms with E-state index in [1.54, 1.807) is 30.3 Å². The first kappa shape index (κ1) is 15.3. The van der Waals surface area contributed by atoms with E-state index in [-0.39, 0.29) is 5.91 Å². The van der Waals surface area contributed by atoms with Gasteiger partial charge in [-0.15, -0.1) is 0 Å². The number of hydrazone groups is 1. The molecule has 1 N–H and O–H groups in total. The molecule has 0 aromatic heterocycles. The van der Waals surface area contributed by atoms with Gasteiger partial charge in [0, 0.05) is 21.5 Å². The molecule has 0 unspecified atom stereocenters. The number of benzene rings is 2. The minimum atomic E-state index is -0.395. The fraction of sp³-hybridized carbons (Fsp3) is 0.125. The van der Waals surface area contributed by atoms with Gasteiger partial charge in [-0.2, -0.15) is 5.10 Å². The topological polar surface area (TPSA) is 41.5 Å². The molecule has 1 amide bonds. The highest BCUT2D eigenvalue weighted by Crippen LogP contribution is 2.32. The summed E-state index contributed by atoms with van der Waals surface area (Å²) in [6.07, 6.45) is 0.467. The summed E-state index contributed by atoms with van der Waals surface area (Å²) in [6, 6.07) is 12.5. The molecule has 2 aromatic rings. The average molecular weight is 354 g/mol. The van der Waals surface area contributed by atoms with Crippen LogP contribution in [0, 0.1) is 0 Å². The summed E-state index contributed by atoms with van der Waals surface area (Å²) in [6.45, 7) is 0. The summed E-state index contributed by atoms with van der Waals surface area (Å²) in [7, 11) is 0. The predicted octanol–water partition coefficient (Wildman–Crippen LogP) is 4.65. The molecule has 22 heavy (non-hydrogen) atoms. The quantitative estimate of drug-likeness (QED) is 0.838. The van der Waals surface area contributed by atoms with E-state index in [2.05, 4.69) is 10.5 Å². The van der Waals surface area contributed by atoms with Gasteiger partial charge in [-0.3, -0.25) is 4.79 Å². The van der Waals surface area contributed by atoms with Crippen molar-refractivity contribution in [2.24, 2.45) is 5.10 Å². The van der Waals surface area contributed by atoms with Crippen LogP contribution in [0.1, 0.15) is 23.5 Å². The van der Waals surface area contributed by atoms with Crippen LogP contribution in [0.3, 0.4) is 0 Å². The SMILES string of the molecule is O=C1NN=C(c2ccc(Cl)cc2)C[C@@H]1c1ccc(Cl)cc1Cl. The van der Waals surface area contributed by atoms with Gasteiger partial charge >= 0.3 is 0 Å². The summed E-state index contributed by atoms with van der Waals surface area (Å²) < 4.78 is 0. The van der Waals surface area contributed by atoms with Gasteiger partial charge < -0.3 is 0 Å². The molecule has 3 rings (SSSR count). The van der Waals surface area contributed by atoms with Crippen molar-refractivity contribution in [1.82, 2.24) is 5.43 Å². The molecule has 0 saturated carbocycles. The Morgan fingerprint density at radius 3 is 2.36 bits per heavy atom. The summed E-state index contributed by atoms with van der Waals surface area (Å²) in [4.78, 5) is 12.1. The van der Waals surface area contributed by atoms with Crippen LogP contribution in [-0.4, -0.2) is 11.6 Å². The highest BCUT2D eigenvalue weighted by atomic mass is 35.5. The largest absolute Gasteiger partial charge is 0.272 e. The third-order valence-corrected chi connectivity index (χ3v) is 4.34. The number of nitrogens with zero attached hydrogens (tertiary/aromatic N) is 1. The molecular weight excluding hydrogens is 343 g/mol. The van der Waals surface area contributed by atoms with E-state index < -0.39 is 5.92 Å². The lowest BCUT2D eigenvalue weighted by Gasteiger charge is -2.22. The molecule has 0 saturated heterocycles.